The van der Waals surface area contributed by atoms with Crippen molar-refractivity contribution in [2.24, 2.45) is 10.8 Å². The highest BCUT2D eigenvalue weighted by atomic mass is 16.7. The van der Waals surface area contributed by atoms with Crippen LogP contribution in [-0.4, -0.2) is 65.8 Å². The molecule has 3 N–H and O–H groups in total. The Labute approximate surface area is 133 Å². The van der Waals surface area contributed by atoms with Crippen LogP contribution in [-0.2, 0) is 14.2 Å². The van der Waals surface area contributed by atoms with E-state index in [1.807, 2.05) is 41.5 Å². The van der Waals surface area contributed by atoms with Crippen molar-refractivity contribution in [1.82, 2.24) is 0 Å². The normalized spacial score (nSPS) is 34.0. The lowest BCUT2D eigenvalue weighted by Crippen LogP contribution is -2.60. The van der Waals surface area contributed by atoms with Crippen molar-refractivity contribution in [3.05, 3.63) is 0 Å². The zero-order chi connectivity index (χ0) is 17.1. The Hall–Kier alpha value is -0.240. The highest BCUT2D eigenvalue weighted by Gasteiger charge is 2.46. The minimum Gasteiger partial charge on any atom is -0.394 e. The fourth-order valence-electron chi connectivity index (χ4n) is 2.07. The minimum absolute atomic E-state index is 0.0930. The summed E-state index contributed by atoms with van der Waals surface area (Å²) in [6.07, 6.45) is -4.87. The average Bonchev–Trinajstić information content (AvgIpc) is 2.36. The Morgan fingerprint density at radius 1 is 0.864 bits per heavy atom. The smallest absolute Gasteiger partial charge is 0.186 e. The predicted octanol–water partition coefficient (Wildman–Crippen LogP) is 0.919. The summed E-state index contributed by atoms with van der Waals surface area (Å²) < 4.78 is 16.8. The van der Waals surface area contributed by atoms with E-state index in [0.29, 0.717) is 13.2 Å². The van der Waals surface area contributed by atoms with Crippen molar-refractivity contribution in [1.29, 1.82) is 0 Å². The van der Waals surface area contributed by atoms with Crippen molar-refractivity contribution >= 4 is 0 Å². The number of aliphatic hydroxyl groups is 3. The van der Waals surface area contributed by atoms with Gasteiger partial charge in [0.25, 0.3) is 0 Å². The number of hydrogen-bond acceptors (Lipinski definition) is 6. The summed E-state index contributed by atoms with van der Waals surface area (Å²) in [4.78, 5) is 0. The van der Waals surface area contributed by atoms with Gasteiger partial charge < -0.3 is 29.5 Å². The van der Waals surface area contributed by atoms with E-state index in [9.17, 15) is 15.3 Å². The van der Waals surface area contributed by atoms with Crippen molar-refractivity contribution in [3.63, 3.8) is 0 Å². The van der Waals surface area contributed by atoms with Crippen LogP contribution >= 0.6 is 0 Å². The lowest BCUT2D eigenvalue weighted by atomic mass is 9.95. The van der Waals surface area contributed by atoms with Crippen molar-refractivity contribution in [2.45, 2.75) is 72.2 Å². The van der Waals surface area contributed by atoms with Crippen LogP contribution < -0.4 is 0 Å². The molecule has 1 aliphatic heterocycles. The van der Waals surface area contributed by atoms with E-state index in [-0.39, 0.29) is 17.4 Å². The van der Waals surface area contributed by atoms with Gasteiger partial charge in [-0.15, -0.1) is 0 Å². The molecule has 132 valence electrons. The van der Waals surface area contributed by atoms with E-state index in [1.165, 1.54) is 0 Å². The van der Waals surface area contributed by atoms with Gasteiger partial charge in [-0.25, -0.2) is 0 Å². The molecule has 6 heteroatoms. The van der Waals surface area contributed by atoms with Crippen LogP contribution in [0.4, 0.5) is 0 Å². The fourth-order valence-corrected chi connectivity index (χ4v) is 2.07. The fraction of sp³-hybridized carbons (Fsp3) is 1.00. The average molecular weight is 320 g/mol. The molecule has 0 aliphatic carbocycles. The van der Waals surface area contributed by atoms with Gasteiger partial charge in [-0.2, -0.15) is 0 Å². The summed E-state index contributed by atoms with van der Waals surface area (Å²) in [5, 5.41) is 30.0. The Morgan fingerprint density at radius 3 is 1.82 bits per heavy atom. The van der Waals surface area contributed by atoms with E-state index in [1.54, 1.807) is 0 Å². The van der Waals surface area contributed by atoms with Crippen molar-refractivity contribution in [2.75, 3.05) is 19.8 Å². The molecule has 0 saturated carbocycles. The third-order valence-electron chi connectivity index (χ3n) is 3.21. The van der Waals surface area contributed by atoms with Crippen LogP contribution in [0.2, 0.25) is 0 Å². The van der Waals surface area contributed by atoms with E-state index >= 15 is 0 Å². The standard InChI is InChI=1S/C16H32O6/c1-15(2,3)8-20-13-10(7-17)22-14(12(19)11(13)18)21-9-16(4,5)6/h10-14,17-19H,7-9H2,1-6H3/t10?,11-,12?,13-,14-/m1/s1. The second-order valence-electron chi connectivity index (χ2n) is 8.41. The molecule has 5 atom stereocenters. The third kappa shape index (κ3) is 6.10. The second kappa shape index (κ2) is 7.55. The van der Waals surface area contributed by atoms with Gasteiger partial charge in [0, 0.05) is 0 Å². The van der Waals surface area contributed by atoms with E-state index in [0.717, 1.165) is 0 Å². The zero-order valence-electron chi connectivity index (χ0n) is 14.6. The molecule has 1 heterocycles. The van der Waals surface area contributed by atoms with Gasteiger partial charge in [-0.05, 0) is 10.8 Å². The van der Waals surface area contributed by atoms with Crippen LogP contribution in [0.5, 0.6) is 0 Å². The minimum atomic E-state index is -1.21. The molecule has 0 aromatic carbocycles. The van der Waals surface area contributed by atoms with Crippen LogP contribution in [0.25, 0.3) is 0 Å². The van der Waals surface area contributed by atoms with Gasteiger partial charge in [0.1, 0.15) is 24.4 Å². The summed E-state index contributed by atoms with van der Waals surface area (Å²) in [6, 6.07) is 0. The zero-order valence-corrected chi connectivity index (χ0v) is 14.6. The van der Waals surface area contributed by atoms with E-state index in [2.05, 4.69) is 0 Å². The van der Waals surface area contributed by atoms with E-state index < -0.39 is 30.7 Å². The maximum Gasteiger partial charge on any atom is 0.186 e. The monoisotopic (exact) mass is 320 g/mol. The summed E-state index contributed by atoms with van der Waals surface area (Å²) in [7, 11) is 0. The molecule has 0 radical (unpaired) electrons. The largest absolute Gasteiger partial charge is 0.394 e. The first-order chi connectivity index (χ1) is 9.94. The lowest BCUT2D eigenvalue weighted by molar-refractivity contribution is -0.313. The maximum atomic E-state index is 10.3. The Bertz CT molecular complexity index is 331. The number of aliphatic hydroxyl groups excluding tert-OH is 3. The van der Waals surface area contributed by atoms with Gasteiger partial charge in [0.15, 0.2) is 6.29 Å². The summed E-state index contributed by atoms with van der Waals surface area (Å²) >= 11 is 0. The number of rotatable bonds is 5. The SMILES string of the molecule is CC(C)(C)CO[C@@H]1OC(CO)[C@@H](OCC(C)(C)C)[C@H](O)C1O. The molecule has 0 spiro atoms. The Morgan fingerprint density at radius 2 is 1.36 bits per heavy atom. The highest BCUT2D eigenvalue weighted by Crippen LogP contribution is 2.27. The molecule has 2 unspecified atom stereocenters. The van der Waals surface area contributed by atoms with Crippen LogP contribution in [0.1, 0.15) is 41.5 Å². The van der Waals surface area contributed by atoms with Crippen LogP contribution in [0, 0.1) is 10.8 Å². The number of hydrogen-bond donors (Lipinski definition) is 3. The molecule has 0 amide bonds. The quantitative estimate of drug-likeness (QED) is 0.698. The number of ether oxygens (including phenoxy) is 3. The molecule has 1 saturated heterocycles. The first-order valence-corrected chi connectivity index (χ1v) is 7.80. The van der Waals surface area contributed by atoms with E-state index in [4.69, 9.17) is 14.2 Å². The first kappa shape index (κ1) is 19.8. The lowest BCUT2D eigenvalue weighted by Gasteiger charge is -2.43. The Balaban J connectivity index is 2.69. The molecule has 0 bridgehead atoms. The molecule has 6 nitrogen and oxygen atoms in total. The van der Waals surface area contributed by atoms with Crippen LogP contribution in [0.15, 0.2) is 0 Å². The molecule has 22 heavy (non-hydrogen) atoms. The van der Waals surface area contributed by atoms with Gasteiger partial charge in [0.05, 0.1) is 19.8 Å². The molecule has 0 aromatic heterocycles. The molecule has 1 aliphatic rings. The van der Waals surface area contributed by atoms with Gasteiger partial charge in [-0.3, -0.25) is 0 Å². The molecule has 1 fully saturated rings. The third-order valence-corrected chi connectivity index (χ3v) is 3.21. The molecule has 1 rings (SSSR count). The van der Waals surface area contributed by atoms with Crippen molar-refractivity contribution in [3.8, 4) is 0 Å². The van der Waals surface area contributed by atoms with Gasteiger partial charge in [-0.1, -0.05) is 41.5 Å². The first-order valence-electron chi connectivity index (χ1n) is 7.80. The second-order valence-corrected chi connectivity index (χ2v) is 8.41. The van der Waals surface area contributed by atoms with Crippen molar-refractivity contribution < 1.29 is 29.5 Å². The molecular weight excluding hydrogens is 288 g/mol. The van der Waals surface area contributed by atoms with Gasteiger partial charge in [0.2, 0.25) is 0 Å². The predicted molar refractivity (Wildman–Crippen MR) is 82.4 cm³/mol. The topological polar surface area (TPSA) is 88.4 Å². The molecule has 0 aromatic rings. The summed E-state index contributed by atoms with van der Waals surface area (Å²) in [5.41, 5.74) is -0.188. The van der Waals surface area contributed by atoms with Crippen LogP contribution in [0.3, 0.4) is 0 Å². The Kier molecular flexibility index (Phi) is 6.80. The highest BCUT2D eigenvalue weighted by molar-refractivity contribution is 4.90. The molecular formula is C16H32O6. The van der Waals surface area contributed by atoms with Gasteiger partial charge >= 0.3 is 0 Å². The maximum absolute atomic E-state index is 10.3. The summed E-state index contributed by atoms with van der Waals surface area (Å²) in [6.45, 7) is 12.4. The summed E-state index contributed by atoms with van der Waals surface area (Å²) in [5.74, 6) is 0.